The number of carboxylic acid groups (broad SMARTS) is 1. The van der Waals surface area contributed by atoms with Crippen LogP contribution in [-0.2, 0) is 14.8 Å². The number of rotatable bonds is 2. The van der Waals surface area contributed by atoms with Crippen molar-refractivity contribution in [3.8, 4) is 0 Å². The second-order valence-corrected chi connectivity index (χ2v) is 6.89. The summed E-state index contributed by atoms with van der Waals surface area (Å²) in [4.78, 5) is 22.6. The molecular weight excluding hydrogens is 277 g/mol. The molecule has 1 amide bonds. The third-order valence-corrected chi connectivity index (χ3v) is 5.32. The number of aromatic carboxylic acids is 1. The third-order valence-electron chi connectivity index (χ3n) is 3.00. The van der Waals surface area contributed by atoms with E-state index in [0.717, 1.165) is 18.2 Å². The van der Waals surface area contributed by atoms with Gasteiger partial charge in [-0.05, 0) is 32.0 Å². The summed E-state index contributed by atoms with van der Waals surface area (Å²) in [7, 11) is -3.89. The van der Waals surface area contributed by atoms with Crippen molar-refractivity contribution in [2.45, 2.75) is 18.6 Å². The monoisotopic (exact) mass is 287 g/mol. The van der Waals surface area contributed by atoms with Gasteiger partial charge in [0.15, 0.2) is 4.75 Å². The maximum atomic E-state index is 13.2. The van der Waals surface area contributed by atoms with E-state index < -0.39 is 38.0 Å². The predicted octanol–water partition coefficient (Wildman–Crippen LogP) is 0.979. The molecule has 1 saturated heterocycles. The lowest BCUT2D eigenvalue weighted by molar-refractivity contribution is -0.120. The highest BCUT2D eigenvalue weighted by molar-refractivity contribution is 7.98. The minimum atomic E-state index is -3.89. The predicted molar refractivity (Wildman–Crippen MR) is 63.8 cm³/mol. The summed E-state index contributed by atoms with van der Waals surface area (Å²) in [5, 5.41) is 8.77. The van der Waals surface area contributed by atoms with Crippen LogP contribution < -0.4 is 4.31 Å². The number of carbonyl (C=O) groups excluding carboxylic acids is 1. The number of sulfonamides is 1. The molecule has 1 N–H and O–H groups in total. The molecule has 1 aliphatic heterocycles. The van der Waals surface area contributed by atoms with Gasteiger partial charge < -0.3 is 5.11 Å². The van der Waals surface area contributed by atoms with E-state index in [4.69, 9.17) is 5.11 Å². The van der Waals surface area contributed by atoms with Crippen molar-refractivity contribution in [2.24, 2.45) is 0 Å². The zero-order valence-electron chi connectivity index (χ0n) is 10.0. The highest BCUT2D eigenvalue weighted by Crippen LogP contribution is 2.39. The van der Waals surface area contributed by atoms with E-state index in [1.165, 1.54) is 13.8 Å². The summed E-state index contributed by atoms with van der Waals surface area (Å²) >= 11 is 0. The molecule has 1 aliphatic rings. The van der Waals surface area contributed by atoms with Gasteiger partial charge in [0.1, 0.15) is 5.82 Å². The van der Waals surface area contributed by atoms with Gasteiger partial charge in [-0.3, -0.25) is 4.79 Å². The highest BCUT2D eigenvalue weighted by Gasteiger charge is 2.60. The first-order valence-corrected chi connectivity index (χ1v) is 6.67. The topological polar surface area (TPSA) is 91.8 Å². The van der Waals surface area contributed by atoms with Gasteiger partial charge in [0.25, 0.3) is 15.9 Å². The van der Waals surface area contributed by atoms with Crippen LogP contribution >= 0.6 is 0 Å². The second kappa shape index (κ2) is 3.77. The lowest BCUT2D eigenvalue weighted by Gasteiger charge is -2.42. The van der Waals surface area contributed by atoms with Crippen molar-refractivity contribution in [3.05, 3.63) is 29.6 Å². The zero-order chi connectivity index (χ0) is 14.6. The quantitative estimate of drug-likeness (QED) is 0.875. The maximum Gasteiger partial charge on any atom is 0.338 e. The van der Waals surface area contributed by atoms with Gasteiger partial charge in [0.2, 0.25) is 0 Å². The fourth-order valence-electron chi connectivity index (χ4n) is 1.71. The largest absolute Gasteiger partial charge is 0.478 e. The van der Waals surface area contributed by atoms with Gasteiger partial charge in [-0.25, -0.2) is 21.9 Å². The number of halogens is 1. The van der Waals surface area contributed by atoms with Crippen LogP contribution in [0.3, 0.4) is 0 Å². The number of carbonyl (C=O) groups is 2. The van der Waals surface area contributed by atoms with Crippen LogP contribution in [0.5, 0.6) is 0 Å². The lowest BCUT2D eigenvalue weighted by Crippen LogP contribution is -2.67. The first kappa shape index (κ1) is 13.5. The highest BCUT2D eigenvalue weighted by atomic mass is 32.2. The van der Waals surface area contributed by atoms with Crippen LogP contribution in [0.25, 0.3) is 0 Å². The molecule has 0 radical (unpaired) electrons. The number of hydrogen-bond acceptors (Lipinski definition) is 4. The second-order valence-electron chi connectivity index (χ2n) is 4.55. The Labute approximate surface area is 108 Å². The molecular formula is C11H10FNO5S. The maximum absolute atomic E-state index is 13.2. The van der Waals surface area contributed by atoms with Gasteiger partial charge in [0.05, 0.1) is 11.3 Å². The Balaban J connectivity index is 2.54. The van der Waals surface area contributed by atoms with Crippen LogP contribution in [0.4, 0.5) is 10.1 Å². The molecule has 0 spiro atoms. The van der Waals surface area contributed by atoms with E-state index in [9.17, 15) is 22.4 Å². The van der Waals surface area contributed by atoms with Crippen LogP contribution in [-0.4, -0.2) is 30.1 Å². The number of benzene rings is 1. The Morgan fingerprint density at radius 1 is 1.37 bits per heavy atom. The number of hydrogen-bond donors (Lipinski definition) is 1. The molecule has 0 bridgehead atoms. The molecule has 0 unspecified atom stereocenters. The van der Waals surface area contributed by atoms with Gasteiger partial charge in [-0.2, -0.15) is 0 Å². The molecule has 1 heterocycles. The third kappa shape index (κ3) is 1.63. The van der Waals surface area contributed by atoms with Crippen LogP contribution in [0, 0.1) is 5.82 Å². The molecule has 8 heteroatoms. The van der Waals surface area contributed by atoms with E-state index in [0.29, 0.717) is 4.31 Å². The van der Waals surface area contributed by atoms with E-state index in [-0.39, 0.29) is 5.69 Å². The van der Waals surface area contributed by atoms with E-state index in [1.807, 2.05) is 0 Å². The summed E-state index contributed by atoms with van der Waals surface area (Å²) in [6.07, 6.45) is 0. The normalized spacial score (nSPS) is 19.9. The molecule has 1 fully saturated rings. The number of carboxylic acids is 1. The molecule has 0 saturated carbocycles. The summed E-state index contributed by atoms with van der Waals surface area (Å²) < 4.78 is 36.0. The Kier molecular flexibility index (Phi) is 2.67. The Bertz CT molecular complexity index is 695. The van der Waals surface area contributed by atoms with Crippen molar-refractivity contribution < 1.29 is 27.5 Å². The molecule has 0 aliphatic carbocycles. The first-order chi connectivity index (χ1) is 8.60. The fraction of sp³-hybridized carbons (Fsp3) is 0.273. The van der Waals surface area contributed by atoms with Crippen LogP contribution in [0.15, 0.2) is 18.2 Å². The molecule has 1 aromatic rings. The molecule has 0 aromatic heterocycles. The summed E-state index contributed by atoms with van der Waals surface area (Å²) in [5.41, 5.74) is -0.867. The SMILES string of the molecule is CC1(C)C(=O)N(c2ccc(F)c(C(=O)O)c2)S1(=O)=O. The van der Waals surface area contributed by atoms with E-state index in [1.54, 1.807) is 0 Å². The number of amides is 1. The average molecular weight is 287 g/mol. The molecule has 6 nitrogen and oxygen atoms in total. The minimum absolute atomic E-state index is 0.178. The number of anilines is 1. The zero-order valence-corrected chi connectivity index (χ0v) is 10.9. The van der Waals surface area contributed by atoms with Gasteiger partial charge in [-0.15, -0.1) is 0 Å². The van der Waals surface area contributed by atoms with Crippen molar-refractivity contribution >= 4 is 27.6 Å². The van der Waals surface area contributed by atoms with Gasteiger partial charge in [-0.1, -0.05) is 0 Å². The Hall–Kier alpha value is -1.96. The van der Waals surface area contributed by atoms with E-state index in [2.05, 4.69) is 0 Å². The fourth-order valence-corrected chi connectivity index (χ4v) is 3.19. The van der Waals surface area contributed by atoms with Crippen molar-refractivity contribution in [2.75, 3.05) is 4.31 Å². The summed E-state index contributed by atoms with van der Waals surface area (Å²) in [6.45, 7) is 2.51. The van der Waals surface area contributed by atoms with Crippen molar-refractivity contribution in [1.29, 1.82) is 0 Å². The molecule has 0 atom stereocenters. The van der Waals surface area contributed by atoms with Crippen molar-refractivity contribution in [1.82, 2.24) is 0 Å². The van der Waals surface area contributed by atoms with E-state index >= 15 is 0 Å². The average Bonchev–Trinajstić information content (AvgIpc) is 2.30. The van der Waals surface area contributed by atoms with Crippen LogP contribution in [0.2, 0.25) is 0 Å². The van der Waals surface area contributed by atoms with Crippen LogP contribution in [0.1, 0.15) is 24.2 Å². The van der Waals surface area contributed by atoms with Gasteiger partial charge >= 0.3 is 5.97 Å². The Morgan fingerprint density at radius 3 is 2.42 bits per heavy atom. The lowest BCUT2D eigenvalue weighted by atomic mass is 10.1. The minimum Gasteiger partial charge on any atom is -0.478 e. The standard InChI is InChI=1S/C11H10FNO5S/c1-11(2)10(16)13(19(11,17)18)6-3-4-8(12)7(5-6)9(14)15/h3-5H,1-2H3,(H,14,15). The molecule has 19 heavy (non-hydrogen) atoms. The first-order valence-electron chi connectivity index (χ1n) is 5.23. The Morgan fingerprint density at radius 2 is 1.95 bits per heavy atom. The molecule has 1 aromatic carbocycles. The van der Waals surface area contributed by atoms with Crippen molar-refractivity contribution in [3.63, 3.8) is 0 Å². The number of nitrogens with zero attached hydrogens (tertiary/aromatic N) is 1. The summed E-state index contributed by atoms with van der Waals surface area (Å²) in [5.74, 6) is -3.22. The van der Waals surface area contributed by atoms with Gasteiger partial charge in [0, 0.05) is 0 Å². The smallest absolute Gasteiger partial charge is 0.338 e. The molecule has 2 rings (SSSR count). The summed E-state index contributed by atoms with van der Waals surface area (Å²) in [6, 6.07) is 2.68. The molecule has 102 valence electrons.